The quantitative estimate of drug-likeness (QED) is 0.0215. The Kier molecular flexibility index (Phi) is 13.0. The van der Waals surface area contributed by atoms with Crippen molar-refractivity contribution in [3.8, 4) is 34.5 Å². The molecule has 0 N–H and O–H groups in total. The molecule has 140 heavy (non-hydrogen) atoms. The van der Waals surface area contributed by atoms with Gasteiger partial charge in [-0.05, 0) is 389 Å². The lowest BCUT2D eigenvalue weighted by atomic mass is 9.47. The molecule has 1 saturated heterocycles. The maximum Gasteiger partial charge on any atom is 0.134 e. The van der Waals surface area contributed by atoms with Crippen LogP contribution in [0.5, 0.6) is 34.5 Å². The molecule has 4 aliphatic carbocycles. The maximum atomic E-state index is 8.16. The van der Waals surface area contributed by atoms with Crippen LogP contribution in [0.2, 0.25) is 0 Å². The first kappa shape index (κ1) is 74.8. The van der Waals surface area contributed by atoms with Gasteiger partial charge in [-0.3, -0.25) is 4.90 Å². The molecule has 34 aromatic carbocycles. The Bertz CT molecular complexity index is 10600. The zero-order valence-electron chi connectivity index (χ0n) is 80.7. The summed E-state index contributed by atoms with van der Waals surface area (Å²) in [6.45, 7) is 18.6. The SMILES string of the molecule is CCCCCCOc1cccc2c(OCCCCCC)c(/C=C/c3ccc4c(OCCCCCC)c(/C=C/c5ccc6c(OCCCCCC)c(C7N(C)CC89c%10c%11c%12c%13c%14c%15c(c%16c%17c8c8c%10c%10c%18c%11c%11c%12c%12c%14c%14c%19c%15c%15c%16c%16c%17c%17c8c8c%10c%10c%18c%18c%11c%11c%12c%14c%12c%14c%19c%15c%15c%16c%16c%17c8c8c%10c%10c%18c%11c%12c%11c%14c%15c%16c8c%10%11)C%1379)ccc6c5OCCCCCC)ccc4c3OCCCCCC)ccc12. The summed E-state index contributed by atoms with van der Waals surface area (Å²) in [5, 5.41) is 95.0. The van der Waals surface area contributed by atoms with E-state index in [4.69, 9.17) is 28.4 Å². The molecular formula is C133H101NO6. The first-order valence-electron chi connectivity index (χ1n) is 54.8. The monoisotopic (exact) mass is 1810 g/mol. The van der Waals surface area contributed by atoms with Gasteiger partial charge in [0.2, 0.25) is 0 Å². The van der Waals surface area contributed by atoms with Crippen LogP contribution in [-0.4, -0.2) is 58.1 Å². The van der Waals surface area contributed by atoms with E-state index < -0.39 is 10.8 Å². The number of unbranched alkanes of at least 4 members (excludes halogenated alkanes) is 18. The average Bonchev–Trinajstić information content (AvgIpc) is 1.38. The minimum atomic E-state index is -0.573. The van der Waals surface area contributed by atoms with E-state index in [9.17, 15) is 0 Å². The van der Waals surface area contributed by atoms with Gasteiger partial charge in [-0.1, -0.05) is 230 Å². The Morgan fingerprint density at radius 2 is 0.436 bits per heavy atom. The van der Waals surface area contributed by atoms with Crippen LogP contribution < -0.4 is 28.4 Å². The third kappa shape index (κ3) is 7.13. The second kappa shape index (κ2) is 24.3. The largest absolute Gasteiger partial charge is 0.493 e. The summed E-state index contributed by atoms with van der Waals surface area (Å²) >= 11 is 0. The van der Waals surface area contributed by atoms with Crippen molar-refractivity contribution in [2.45, 2.75) is 213 Å². The van der Waals surface area contributed by atoms with Crippen molar-refractivity contribution < 1.29 is 28.4 Å². The summed E-state index contributed by atoms with van der Waals surface area (Å²) in [5.74, 6) is 5.60. The molecule has 34 aromatic rings. The van der Waals surface area contributed by atoms with Crippen LogP contribution in [0.25, 0.3) is 347 Å². The summed E-state index contributed by atoms with van der Waals surface area (Å²) in [5.41, 5.74) is 11.3. The third-order valence-electron chi connectivity index (χ3n) is 39.9. The zero-order chi connectivity index (χ0) is 90.6. The molecule has 7 heteroatoms. The molecule has 0 radical (unpaired) electrons. The fraction of sp³-hybridized carbons (Fsp3) is 0.308. The van der Waals surface area contributed by atoms with E-state index in [1.54, 1.807) is 313 Å². The topological polar surface area (TPSA) is 58.6 Å². The van der Waals surface area contributed by atoms with Gasteiger partial charge in [0.1, 0.15) is 34.5 Å². The average molecular weight is 1810 g/mol. The van der Waals surface area contributed by atoms with Crippen LogP contribution in [0, 0.1) is 0 Å². The standard InChI is InChI=1S/C133H101NO6/c1-8-14-20-26-49-135-67-34-32-33-61-60(67)43-39-56(126(61)136-50-27-21-15-9-2)35-36-57-40-44-63-62(127(57)137-51-28-22-16-10-3)45-41-58(128(63)138-52-29-23-17-11-4)37-38-59-42-46-65-64(129(59)139-53-30-24-18-12-5)47-48-66(130(65)140-54-31-25-19-13-6)131-133-124-118-112-102-90-82-74-70-68-69-72-76(74)84(90)94-88-80(72)81-73(69)77-75-71(68)79-78(70)86-92(82)100-106-96(86)97-87(79)93-83(75)91-85(77)95-89(81)99-98(88)110(104(94)112)120(124)121-111(99)105(95)113-103(91)109-101(93)107(97)115-114(106)122(116(118)108(100)102)132(133,55-134(131)7)123(115)117(109)119(113)125(121)133/h32-48,131H,8-31,49-55H2,1-7H3/b36-35+,38-37+. The van der Waals surface area contributed by atoms with E-state index in [1.807, 2.05) is 0 Å². The second-order valence-corrected chi connectivity index (χ2v) is 45.9. The highest BCUT2D eigenvalue weighted by molar-refractivity contribution is 6.82. The van der Waals surface area contributed by atoms with Crippen molar-refractivity contribution in [2.75, 3.05) is 53.2 Å². The summed E-state index contributed by atoms with van der Waals surface area (Å²) in [7, 11) is 2.62. The van der Waals surface area contributed by atoms with Crippen molar-refractivity contribution in [3.63, 3.8) is 0 Å². The van der Waals surface area contributed by atoms with E-state index in [0.717, 1.165) is 179 Å². The molecule has 0 bridgehead atoms. The van der Waals surface area contributed by atoms with Crippen molar-refractivity contribution in [1.82, 2.24) is 4.90 Å². The smallest absolute Gasteiger partial charge is 0.134 e. The van der Waals surface area contributed by atoms with E-state index in [1.165, 1.54) is 76.2 Å². The van der Waals surface area contributed by atoms with Crippen LogP contribution in [0.1, 0.15) is 252 Å². The molecule has 674 valence electrons. The number of hydrogen-bond donors (Lipinski definition) is 0. The lowest BCUT2D eigenvalue weighted by Gasteiger charge is -2.52. The summed E-state index contributed by atoms with van der Waals surface area (Å²) in [6, 6.07) is 30.1. The van der Waals surface area contributed by atoms with Crippen molar-refractivity contribution in [1.29, 1.82) is 0 Å². The number of fused-ring (bicyclic) bond motifs is 3. The molecule has 1 fully saturated rings. The van der Waals surface area contributed by atoms with Gasteiger partial charge < -0.3 is 28.4 Å². The number of ether oxygens (including phenoxy) is 6. The zero-order valence-corrected chi connectivity index (χ0v) is 80.7. The second-order valence-electron chi connectivity index (χ2n) is 45.9. The minimum absolute atomic E-state index is 0.125. The molecule has 0 saturated carbocycles. The summed E-state index contributed by atoms with van der Waals surface area (Å²) in [4.78, 5) is 3.00. The predicted molar refractivity (Wildman–Crippen MR) is 597 cm³/mol. The number of hydrogen-bond acceptors (Lipinski definition) is 7. The van der Waals surface area contributed by atoms with Crippen LogP contribution in [-0.2, 0) is 10.8 Å². The van der Waals surface area contributed by atoms with E-state index in [2.05, 4.69) is 157 Å². The Morgan fingerprint density at radius 1 is 0.221 bits per heavy atom. The number of rotatable bonds is 41. The molecule has 1 aliphatic heterocycles. The molecule has 5 aliphatic rings. The van der Waals surface area contributed by atoms with Gasteiger partial charge in [0.15, 0.2) is 0 Å². The Morgan fingerprint density at radius 3 is 0.700 bits per heavy atom. The number of nitrogens with zero attached hydrogens (tertiary/aromatic N) is 1. The minimum Gasteiger partial charge on any atom is -0.493 e. The molecule has 2 spiro atoms. The van der Waals surface area contributed by atoms with Gasteiger partial charge in [0.05, 0.1) is 56.5 Å². The number of likely N-dealkylation sites (tertiary alicyclic amines) is 1. The molecule has 7 nitrogen and oxygen atoms in total. The maximum absolute atomic E-state index is 8.16. The lowest BCUT2D eigenvalue weighted by molar-refractivity contribution is 0.251. The summed E-state index contributed by atoms with van der Waals surface area (Å²) < 4.78 is 43.9. The third-order valence-corrected chi connectivity index (χ3v) is 39.9. The van der Waals surface area contributed by atoms with Gasteiger partial charge in [-0.15, -0.1) is 0 Å². The Labute approximate surface area is 804 Å². The molecule has 0 aromatic heterocycles. The molecule has 1 atom stereocenters. The highest BCUT2D eigenvalue weighted by Crippen LogP contribution is 2.88. The first-order chi connectivity index (χ1) is 69.4. The van der Waals surface area contributed by atoms with E-state index in [0.29, 0.717) is 39.6 Å². The van der Waals surface area contributed by atoms with Gasteiger partial charge in [-0.25, -0.2) is 0 Å². The fourth-order valence-electron chi connectivity index (χ4n) is 35.9. The van der Waals surface area contributed by atoms with E-state index in [-0.39, 0.29) is 6.04 Å². The lowest BCUT2D eigenvalue weighted by Crippen LogP contribution is -2.52. The Hall–Kier alpha value is -13.2. The number of benzene rings is 24. The van der Waals surface area contributed by atoms with Crippen LogP contribution in [0.4, 0.5) is 0 Å². The van der Waals surface area contributed by atoms with Gasteiger partial charge in [0.25, 0.3) is 0 Å². The van der Waals surface area contributed by atoms with Gasteiger partial charge >= 0.3 is 0 Å². The normalized spacial score (nSPS) is 18.0. The molecule has 39 rings (SSSR count). The molecule has 1 unspecified atom stereocenters. The van der Waals surface area contributed by atoms with Crippen LogP contribution >= 0.6 is 0 Å². The highest BCUT2D eigenvalue weighted by atomic mass is 16.5. The van der Waals surface area contributed by atoms with Crippen LogP contribution in [0.15, 0.2) is 78.9 Å². The van der Waals surface area contributed by atoms with Crippen molar-refractivity contribution in [2.24, 2.45) is 0 Å². The van der Waals surface area contributed by atoms with E-state index >= 15 is 0 Å². The van der Waals surface area contributed by atoms with Gasteiger partial charge in [-0.2, -0.15) is 0 Å². The molecular weight excluding hydrogens is 1710 g/mol. The molecule has 0 amide bonds. The van der Waals surface area contributed by atoms with Crippen molar-refractivity contribution in [3.05, 3.63) is 129 Å². The van der Waals surface area contributed by atoms with Crippen molar-refractivity contribution >= 4 is 347 Å². The van der Waals surface area contributed by atoms with Crippen LogP contribution in [0.3, 0.4) is 0 Å². The van der Waals surface area contributed by atoms with Gasteiger partial charge in [0, 0.05) is 66.7 Å². The highest BCUT2D eigenvalue weighted by Gasteiger charge is 2.76. The predicted octanol–water partition coefficient (Wildman–Crippen LogP) is 37.5. The fourth-order valence-corrected chi connectivity index (χ4v) is 35.9. The molecule has 1 heterocycles. The Balaban J connectivity index is 0.564. The first-order valence-corrected chi connectivity index (χ1v) is 54.8. The number of likely N-dealkylation sites (N-methyl/N-ethyl adjacent to an activating group) is 1. The summed E-state index contributed by atoms with van der Waals surface area (Å²) in [6.07, 6.45) is 36.2.